The predicted molar refractivity (Wildman–Crippen MR) is 80.0 cm³/mol. The molecule has 1 unspecified atom stereocenters. The second-order valence-electron chi connectivity index (χ2n) is 5.00. The van der Waals surface area contributed by atoms with Crippen molar-refractivity contribution >= 4 is 11.6 Å². The van der Waals surface area contributed by atoms with Gasteiger partial charge < -0.3 is 5.73 Å². The molecule has 4 heteroatoms. The Morgan fingerprint density at radius 3 is 2.68 bits per heavy atom. The Hall–Kier alpha value is -1.32. The van der Waals surface area contributed by atoms with Crippen molar-refractivity contribution in [1.82, 2.24) is 9.78 Å². The number of hydrogen-bond acceptors (Lipinski definition) is 2. The van der Waals surface area contributed by atoms with Gasteiger partial charge in [0.15, 0.2) is 0 Å². The minimum atomic E-state index is 0.207. The number of aromatic nitrogens is 2. The molecule has 1 aromatic heterocycles. The van der Waals surface area contributed by atoms with Crippen molar-refractivity contribution in [3.63, 3.8) is 0 Å². The molecule has 0 radical (unpaired) electrons. The molecular formula is C15H20ClN3. The zero-order valence-electron chi connectivity index (χ0n) is 11.7. The first kappa shape index (κ1) is 14.1. The number of halogens is 1. The van der Waals surface area contributed by atoms with Crippen LogP contribution in [0.15, 0.2) is 24.4 Å². The van der Waals surface area contributed by atoms with E-state index in [0.29, 0.717) is 5.02 Å². The molecule has 0 saturated carbocycles. The minimum absolute atomic E-state index is 0.207. The lowest BCUT2D eigenvalue weighted by Gasteiger charge is -2.12. The molecule has 3 nitrogen and oxygen atoms in total. The van der Waals surface area contributed by atoms with Crippen LogP contribution in [0.4, 0.5) is 0 Å². The van der Waals surface area contributed by atoms with Gasteiger partial charge in [-0.2, -0.15) is 5.10 Å². The summed E-state index contributed by atoms with van der Waals surface area (Å²) >= 11 is 6.07. The molecule has 0 fully saturated rings. The van der Waals surface area contributed by atoms with Gasteiger partial charge in [-0.05, 0) is 43.9 Å². The van der Waals surface area contributed by atoms with Gasteiger partial charge in [-0.1, -0.05) is 30.7 Å². The molecule has 0 aliphatic heterocycles. The van der Waals surface area contributed by atoms with Gasteiger partial charge >= 0.3 is 0 Å². The number of rotatable bonds is 4. The van der Waals surface area contributed by atoms with Crippen LogP contribution in [0.5, 0.6) is 0 Å². The van der Waals surface area contributed by atoms with E-state index in [4.69, 9.17) is 17.3 Å². The van der Waals surface area contributed by atoms with Crippen LogP contribution in [0.3, 0.4) is 0 Å². The van der Waals surface area contributed by atoms with E-state index in [2.05, 4.69) is 37.1 Å². The molecule has 0 aliphatic rings. The average molecular weight is 278 g/mol. The van der Waals surface area contributed by atoms with Crippen molar-refractivity contribution in [1.29, 1.82) is 0 Å². The van der Waals surface area contributed by atoms with Gasteiger partial charge in [-0.15, -0.1) is 0 Å². The number of nitrogens with two attached hydrogens (primary N) is 1. The normalized spacial score (nSPS) is 12.7. The molecule has 2 rings (SSSR count). The van der Waals surface area contributed by atoms with Gasteiger partial charge in [0.25, 0.3) is 0 Å². The lowest BCUT2D eigenvalue weighted by molar-refractivity contribution is 0.646. The molecule has 2 N–H and O–H groups in total. The van der Waals surface area contributed by atoms with Crippen LogP contribution in [0, 0.1) is 13.8 Å². The van der Waals surface area contributed by atoms with Crippen LogP contribution < -0.4 is 5.73 Å². The minimum Gasteiger partial charge on any atom is -0.327 e. The summed E-state index contributed by atoms with van der Waals surface area (Å²) in [5.41, 5.74) is 10.3. The Kier molecular flexibility index (Phi) is 4.27. The maximum atomic E-state index is 6.07. The maximum absolute atomic E-state index is 6.07. The second kappa shape index (κ2) is 5.76. The third-order valence-corrected chi connectivity index (χ3v) is 3.75. The van der Waals surface area contributed by atoms with Crippen LogP contribution in [-0.4, -0.2) is 15.8 Å². The second-order valence-corrected chi connectivity index (χ2v) is 5.41. The van der Waals surface area contributed by atoms with Gasteiger partial charge in [-0.25, -0.2) is 4.68 Å². The molecule has 0 bridgehead atoms. The molecule has 0 amide bonds. The summed E-state index contributed by atoms with van der Waals surface area (Å²) in [4.78, 5) is 0. The van der Waals surface area contributed by atoms with Crippen molar-refractivity contribution in [2.75, 3.05) is 0 Å². The van der Waals surface area contributed by atoms with E-state index >= 15 is 0 Å². The highest BCUT2D eigenvalue weighted by atomic mass is 35.5. The quantitative estimate of drug-likeness (QED) is 0.931. The van der Waals surface area contributed by atoms with E-state index in [9.17, 15) is 0 Å². The number of nitrogens with zero attached hydrogens (tertiary/aromatic N) is 2. The molecule has 2 aromatic rings. The molecule has 0 spiro atoms. The van der Waals surface area contributed by atoms with Crippen molar-refractivity contribution in [3.05, 3.63) is 46.2 Å². The number of hydrogen-bond donors (Lipinski definition) is 1. The van der Waals surface area contributed by atoms with Gasteiger partial charge in [0.1, 0.15) is 0 Å². The highest BCUT2D eigenvalue weighted by Gasteiger charge is 2.09. The SMILES string of the molecule is CCC(N)Cc1ccc(C)c(-n2cc(Cl)c(C)n2)c1. The Bertz CT molecular complexity index is 555. The van der Waals surface area contributed by atoms with Crippen LogP contribution in [0.25, 0.3) is 5.69 Å². The van der Waals surface area contributed by atoms with Crippen molar-refractivity contribution < 1.29 is 0 Å². The third kappa shape index (κ3) is 3.17. The third-order valence-electron chi connectivity index (χ3n) is 3.38. The molecular weight excluding hydrogens is 258 g/mol. The van der Waals surface area contributed by atoms with Gasteiger partial charge in [0, 0.05) is 12.2 Å². The Morgan fingerprint density at radius 1 is 1.37 bits per heavy atom. The van der Waals surface area contributed by atoms with E-state index in [-0.39, 0.29) is 6.04 Å². The van der Waals surface area contributed by atoms with Crippen LogP contribution in [0.1, 0.15) is 30.2 Å². The van der Waals surface area contributed by atoms with Crippen molar-refractivity contribution in [2.24, 2.45) is 5.73 Å². The van der Waals surface area contributed by atoms with E-state index in [0.717, 1.165) is 24.2 Å². The lowest BCUT2D eigenvalue weighted by atomic mass is 10.0. The topological polar surface area (TPSA) is 43.8 Å². The molecule has 0 saturated heterocycles. The Balaban J connectivity index is 2.36. The molecule has 102 valence electrons. The van der Waals surface area contributed by atoms with Gasteiger partial charge in [0.2, 0.25) is 0 Å². The first-order chi connectivity index (χ1) is 9.01. The number of benzene rings is 1. The lowest BCUT2D eigenvalue weighted by Crippen LogP contribution is -2.21. The standard InChI is InChI=1S/C15H20ClN3/c1-4-13(17)7-12-6-5-10(2)15(8-12)19-9-14(16)11(3)18-19/h5-6,8-9,13H,4,7,17H2,1-3H3. The summed E-state index contributed by atoms with van der Waals surface area (Å²) in [6, 6.07) is 6.59. The molecule has 1 heterocycles. The maximum Gasteiger partial charge on any atom is 0.0819 e. The zero-order chi connectivity index (χ0) is 14.0. The highest BCUT2D eigenvalue weighted by Crippen LogP contribution is 2.20. The fourth-order valence-corrected chi connectivity index (χ4v) is 2.17. The van der Waals surface area contributed by atoms with E-state index in [1.165, 1.54) is 11.1 Å². The van der Waals surface area contributed by atoms with Gasteiger partial charge in [0.05, 0.1) is 16.4 Å². The van der Waals surface area contributed by atoms with Crippen LogP contribution in [-0.2, 0) is 6.42 Å². The highest BCUT2D eigenvalue weighted by molar-refractivity contribution is 6.31. The summed E-state index contributed by atoms with van der Waals surface area (Å²) in [5, 5.41) is 5.13. The smallest absolute Gasteiger partial charge is 0.0819 e. The van der Waals surface area contributed by atoms with E-state index in [1.54, 1.807) is 0 Å². The first-order valence-corrected chi connectivity index (χ1v) is 6.96. The monoisotopic (exact) mass is 277 g/mol. The van der Waals surface area contributed by atoms with Crippen LogP contribution in [0.2, 0.25) is 5.02 Å². The summed E-state index contributed by atoms with van der Waals surface area (Å²) in [6.45, 7) is 6.09. The summed E-state index contributed by atoms with van der Waals surface area (Å²) < 4.78 is 1.84. The number of aryl methyl sites for hydroxylation is 2. The van der Waals surface area contributed by atoms with E-state index < -0.39 is 0 Å². The largest absolute Gasteiger partial charge is 0.327 e. The zero-order valence-corrected chi connectivity index (χ0v) is 12.4. The fourth-order valence-electron chi connectivity index (χ4n) is 2.04. The van der Waals surface area contributed by atoms with Gasteiger partial charge in [-0.3, -0.25) is 0 Å². The summed E-state index contributed by atoms with van der Waals surface area (Å²) in [7, 11) is 0. The van der Waals surface area contributed by atoms with Crippen LogP contribution >= 0.6 is 11.6 Å². The molecule has 0 aliphatic carbocycles. The molecule has 1 atom stereocenters. The summed E-state index contributed by atoms with van der Waals surface area (Å²) in [6.07, 6.45) is 3.72. The molecule has 19 heavy (non-hydrogen) atoms. The summed E-state index contributed by atoms with van der Waals surface area (Å²) in [5.74, 6) is 0. The predicted octanol–water partition coefficient (Wildman–Crippen LogP) is 3.42. The van der Waals surface area contributed by atoms with E-state index in [1.807, 2.05) is 17.8 Å². The Morgan fingerprint density at radius 2 is 2.11 bits per heavy atom. The van der Waals surface area contributed by atoms with Crippen molar-refractivity contribution in [3.8, 4) is 5.69 Å². The fraction of sp³-hybridized carbons (Fsp3) is 0.400. The first-order valence-electron chi connectivity index (χ1n) is 6.58. The Labute approximate surface area is 119 Å². The van der Waals surface area contributed by atoms with Crippen molar-refractivity contribution in [2.45, 2.75) is 39.7 Å². The average Bonchev–Trinajstić information content (AvgIpc) is 2.71. The molecule has 1 aromatic carbocycles.